The van der Waals surface area contributed by atoms with Crippen molar-refractivity contribution in [1.29, 1.82) is 0 Å². The molecule has 0 bridgehead atoms. The first-order valence-electron chi connectivity index (χ1n) is 7.54. The van der Waals surface area contributed by atoms with E-state index >= 15 is 0 Å². The fourth-order valence-corrected chi connectivity index (χ4v) is 2.91. The quantitative estimate of drug-likeness (QED) is 0.796. The number of ether oxygens (including phenoxy) is 1. The highest BCUT2D eigenvalue weighted by Crippen LogP contribution is 2.18. The second kappa shape index (κ2) is 7.94. The third-order valence-electron chi connectivity index (χ3n) is 3.65. The maximum absolute atomic E-state index is 12.4. The van der Waals surface area contributed by atoms with Crippen molar-refractivity contribution in [2.24, 2.45) is 0 Å². The molecule has 25 heavy (non-hydrogen) atoms. The highest BCUT2D eigenvalue weighted by molar-refractivity contribution is 7.90. The highest BCUT2D eigenvalue weighted by Gasteiger charge is 2.20. The van der Waals surface area contributed by atoms with Crippen molar-refractivity contribution < 1.29 is 22.7 Å². The standard InChI is InChI=1S/C18H19NO5S/c1-24-17(20)12-16(13-6-4-3-5-7-13)19-18(21)14-8-10-15(11-9-14)25(2,22)23/h3-11,16H,12H2,1-2H3,(H,19,21)/t16-/m1/s1. The monoisotopic (exact) mass is 361 g/mol. The molecule has 0 heterocycles. The Balaban J connectivity index is 2.20. The number of esters is 1. The van der Waals surface area contributed by atoms with Gasteiger partial charge in [0.15, 0.2) is 9.84 Å². The second-order valence-corrected chi connectivity index (χ2v) is 7.53. The van der Waals surface area contributed by atoms with Gasteiger partial charge in [-0.1, -0.05) is 30.3 Å². The number of sulfone groups is 1. The van der Waals surface area contributed by atoms with E-state index in [0.717, 1.165) is 11.8 Å². The third-order valence-corrected chi connectivity index (χ3v) is 4.78. The smallest absolute Gasteiger partial charge is 0.307 e. The molecule has 0 aliphatic rings. The summed E-state index contributed by atoms with van der Waals surface area (Å²) in [5.74, 6) is -0.848. The Morgan fingerprint density at radius 2 is 1.64 bits per heavy atom. The average Bonchev–Trinajstić information content (AvgIpc) is 2.61. The summed E-state index contributed by atoms with van der Waals surface area (Å²) in [6.07, 6.45) is 1.09. The van der Waals surface area contributed by atoms with Crippen molar-refractivity contribution in [3.8, 4) is 0 Å². The molecule has 0 saturated carbocycles. The van der Waals surface area contributed by atoms with Crippen molar-refractivity contribution >= 4 is 21.7 Å². The van der Waals surface area contributed by atoms with Crippen LogP contribution in [0.3, 0.4) is 0 Å². The Morgan fingerprint density at radius 3 is 2.16 bits per heavy atom. The zero-order chi connectivity index (χ0) is 18.4. The van der Waals surface area contributed by atoms with Gasteiger partial charge in [0, 0.05) is 11.8 Å². The molecule has 2 aromatic carbocycles. The Bertz CT molecular complexity index is 845. The number of methoxy groups -OCH3 is 1. The van der Waals surface area contributed by atoms with Crippen LogP contribution in [0.2, 0.25) is 0 Å². The number of rotatable bonds is 6. The molecule has 0 saturated heterocycles. The zero-order valence-electron chi connectivity index (χ0n) is 13.9. The average molecular weight is 361 g/mol. The molecule has 6 nitrogen and oxygen atoms in total. The van der Waals surface area contributed by atoms with Crippen molar-refractivity contribution in [2.75, 3.05) is 13.4 Å². The lowest BCUT2D eigenvalue weighted by Crippen LogP contribution is -2.30. The van der Waals surface area contributed by atoms with Gasteiger partial charge in [0.1, 0.15) is 0 Å². The molecule has 0 aromatic heterocycles. The predicted octanol–water partition coefficient (Wildman–Crippen LogP) is 2.12. The summed E-state index contributed by atoms with van der Waals surface area (Å²) in [4.78, 5) is 24.2. The summed E-state index contributed by atoms with van der Waals surface area (Å²) >= 11 is 0. The summed E-state index contributed by atoms with van der Waals surface area (Å²) in [7, 11) is -2.04. The van der Waals surface area contributed by atoms with Gasteiger partial charge < -0.3 is 10.1 Å². The molecule has 0 fully saturated rings. The molecule has 132 valence electrons. The Morgan fingerprint density at radius 1 is 1.04 bits per heavy atom. The summed E-state index contributed by atoms with van der Waals surface area (Å²) in [6, 6.07) is 14.2. The molecule has 1 amide bonds. The summed E-state index contributed by atoms with van der Waals surface area (Å²) < 4.78 is 27.6. The molecule has 1 N–H and O–H groups in total. The minimum Gasteiger partial charge on any atom is -0.469 e. The van der Waals surface area contributed by atoms with E-state index in [1.54, 1.807) is 12.1 Å². The first-order chi connectivity index (χ1) is 11.8. The van der Waals surface area contributed by atoms with Gasteiger partial charge in [0.2, 0.25) is 0 Å². The zero-order valence-corrected chi connectivity index (χ0v) is 14.7. The molecular weight excluding hydrogens is 342 g/mol. The van der Waals surface area contributed by atoms with Crippen molar-refractivity contribution in [3.63, 3.8) is 0 Å². The van der Waals surface area contributed by atoms with E-state index in [1.165, 1.54) is 31.4 Å². The number of carbonyl (C=O) groups excluding carboxylic acids is 2. The molecule has 7 heteroatoms. The van der Waals surface area contributed by atoms with Crippen molar-refractivity contribution in [3.05, 3.63) is 65.7 Å². The lowest BCUT2D eigenvalue weighted by Gasteiger charge is -2.18. The second-order valence-electron chi connectivity index (χ2n) is 5.51. The van der Waals surface area contributed by atoms with Crippen molar-refractivity contribution in [1.82, 2.24) is 5.32 Å². The highest BCUT2D eigenvalue weighted by atomic mass is 32.2. The van der Waals surface area contributed by atoms with Crippen LogP contribution in [0.1, 0.15) is 28.4 Å². The van der Waals surface area contributed by atoms with E-state index in [-0.39, 0.29) is 11.3 Å². The van der Waals surface area contributed by atoms with Gasteiger partial charge >= 0.3 is 5.97 Å². The molecule has 0 aliphatic carbocycles. The lowest BCUT2D eigenvalue weighted by molar-refractivity contribution is -0.141. The van der Waals surface area contributed by atoms with Crippen LogP contribution >= 0.6 is 0 Å². The SMILES string of the molecule is COC(=O)C[C@@H](NC(=O)c1ccc(S(C)(=O)=O)cc1)c1ccccc1. The fourth-order valence-electron chi connectivity index (χ4n) is 2.28. The van der Waals surface area contributed by atoms with E-state index in [1.807, 2.05) is 18.2 Å². The van der Waals surface area contributed by atoms with Gasteiger partial charge in [-0.3, -0.25) is 9.59 Å². The Hall–Kier alpha value is -2.67. The molecular formula is C18H19NO5S. The van der Waals surface area contributed by atoms with Crippen LogP contribution in [0.15, 0.2) is 59.5 Å². The van der Waals surface area contributed by atoms with Crippen molar-refractivity contribution in [2.45, 2.75) is 17.4 Å². The van der Waals surface area contributed by atoms with Gasteiger partial charge in [-0.05, 0) is 29.8 Å². The van der Waals surface area contributed by atoms with Crippen LogP contribution in [-0.2, 0) is 19.4 Å². The van der Waals surface area contributed by atoms with Crippen LogP contribution in [0.4, 0.5) is 0 Å². The number of hydrogen-bond acceptors (Lipinski definition) is 5. The van der Waals surface area contributed by atoms with E-state index in [0.29, 0.717) is 5.56 Å². The first-order valence-corrected chi connectivity index (χ1v) is 9.43. The maximum atomic E-state index is 12.4. The fraction of sp³-hybridized carbons (Fsp3) is 0.222. The number of carbonyl (C=O) groups is 2. The molecule has 0 radical (unpaired) electrons. The minimum absolute atomic E-state index is 0.00627. The van der Waals surface area contributed by atoms with E-state index < -0.39 is 27.8 Å². The molecule has 2 aromatic rings. The number of hydrogen-bond donors (Lipinski definition) is 1. The molecule has 0 spiro atoms. The predicted molar refractivity (Wildman–Crippen MR) is 92.8 cm³/mol. The van der Waals surface area contributed by atoms with E-state index in [2.05, 4.69) is 10.1 Å². The van der Waals surface area contributed by atoms with Gasteiger partial charge in [-0.25, -0.2) is 8.42 Å². The minimum atomic E-state index is -3.32. The summed E-state index contributed by atoms with van der Waals surface area (Å²) in [6.45, 7) is 0. The number of amides is 1. The normalized spacial score (nSPS) is 12.2. The molecule has 0 aliphatic heterocycles. The van der Waals surface area contributed by atoms with Gasteiger partial charge in [0.25, 0.3) is 5.91 Å². The summed E-state index contributed by atoms with van der Waals surface area (Å²) in [5, 5.41) is 2.78. The van der Waals surface area contributed by atoms with Crippen LogP contribution in [0.5, 0.6) is 0 Å². The van der Waals surface area contributed by atoms with E-state index in [9.17, 15) is 18.0 Å². The van der Waals surface area contributed by atoms with Gasteiger partial charge in [-0.15, -0.1) is 0 Å². The number of nitrogens with one attached hydrogen (secondary N) is 1. The summed E-state index contributed by atoms with van der Waals surface area (Å²) in [5.41, 5.74) is 1.08. The van der Waals surface area contributed by atoms with Crippen LogP contribution in [0, 0.1) is 0 Å². The lowest BCUT2D eigenvalue weighted by atomic mass is 10.0. The molecule has 0 unspecified atom stereocenters. The first kappa shape index (κ1) is 18.7. The number of benzene rings is 2. The van der Waals surface area contributed by atoms with Crippen LogP contribution in [-0.4, -0.2) is 33.7 Å². The topological polar surface area (TPSA) is 89.5 Å². The maximum Gasteiger partial charge on any atom is 0.307 e. The Labute approximate surface area is 146 Å². The van der Waals surface area contributed by atoms with Gasteiger partial charge in [-0.2, -0.15) is 0 Å². The molecule has 2 rings (SSSR count). The molecule has 1 atom stereocenters. The van der Waals surface area contributed by atoms with Crippen LogP contribution in [0.25, 0.3) is 0 Å². The van der Waals surface area contributed by atoms with Gasteiger partial charge in [0.05, 0.1) is 24.5 Å². The Kier molecular flexibility index (Phi) is 5.93. The largest absolute Gasteiger partial charge is 0.469 e. The van der Waals surface area contributed by atoms with E-state index in [4.69, 9.17) is 0 Å². The third kappa shape index (κ3) is 5.15. The van der Waals surface area contributed by atoms with Crippen LogP contribution < -0.4 is 5.32 Å².